The van der Waals surface area contributed by atoms with Crippen molar-refractivity contribution in [2.75, 3.05) is 19.0 Å². The topological polar surface area (TPSA) is 72.5 Å². The van der Waals surface area contributed by atoms with E-state index in [9.17, 15) is 13.2 Å². The number of carbonyl (C=O) groups excluding carboxylic acids is 1. The number of aryl methyl sites for hydroxylation is 1. The molecule has 126 valence electrons. The van der Waals surface area contributed by atoms with Crippen LogP contribution in [-0.4, -0.2) is 33.3 Å². The molecule has 1 aromatic rings. The molecular formula is C17H23NO4S. The predicted molar refractivity (Wildman–Crippen MR) is 88.0 cm³/mol. The van der Waals surface area contributed by atoms with Gasteiger partial charge in [0.25, 0.3) is 5.91 Å². The van der Waals surface area contributed by atoms with Crippen LogP contribution in [0, 0.1) is 12.8 Å². The Labute approximate surface area is 137 Å². The smallest absolute Gasteiger partial charge is 0.265 e. The maximum absolute atomic E-state index is 12.5. The molecule has 1 N–H and O–H groups in total. The van der Waals surface area contributed by atoms with Gasteiger partial charge in [-0.1, -0.05) is 6.07 Å². The molecule has 1 saturated heterocycles. The molecule has 0 saturated carbocycles. The van der Waals surface area contributed by atoms with Crippen molar-refractivity contribution in [3.63, 3.8) is 0 Å². The molecule has 0 bridgehead atoms. The number of ether oxygens (including phenoxy) is 1. The number of nitrogens with one attached hydrogen (secondary N) is 1. The van der Waals surface area contributed by atoms with Gasteiger partial charge in [0, 0.05) is 12.2 Å². The highest BCUT2D eigenvalue weighted by molar-refractivity contribution is 7.90. The zero-order valence-corrected chi connectivity index (χ0v) is 14.2. The summed E-state index contributed by atoms with van der Waals surface area (Å²) in [5, 5.41) is 0. The molecule has 0 spiro atoms. The van der Waals surface area contributed by atoms with Crippen LogP contribution in [0.25, 0.3) is 0 Å². The minimum atomic E-state index is -3.64. The third kappa shape index (κ3) is 3.75. The largest absolute Gasteiger partial charge is 0.381 e. The van der Waals surface area contributed by atoms with Crippen LogP contribution in [0.3, 0.4) is 0 Å². The summed E-state index contributed by atoms with van der Waals surface area (Å²) in [5.74, 6) is -0.579. The van der Waals surface area contributed by atoms with Crippen LogP contribution >= 0.6 is 0 Å². The highest BCUT2D eigenvalue weighted by atomic mass is 32.2. The molecule has 5 nitrogen and oxygen atoms in total. The van der Waals surface area contributed by atoms with E-state index in [1.165, 1.54) is 11.1 Å². The number of hydrogen-bond donors (Lipinski definition) is 1. The lowest BCUT2D eigenvalue weighted by Gasteiger charge is -2.22. The van der Waals surface area contributed by atoms with E-state index in [-0.39, 0.29) is 11.7 Å². The molecule has 1 amide bonds. The van der Waals surface area contributed by atoms with Crippen LogP contribution in [0.1, 0.15) is 46.3 Å². The predicted octanol–water partition coefficient (Wildman–Crippen LogP) is 1.97. The highest BCUT2D eigenvalue weighted by Crippen LogP contribution is 2.28. The Kier molecular flexibility index (Phi) is 4.73. The molecule has 1 aliphatic carbocycles. The number of fused-ring (bicyclic) bond motifs is 1. The quantitative estimate of drug-likeness (QED) is 0.912. The van der Waals surface area contributed by atoms with Gasteiger partial charge in [-0.05, 0) is 67.7 Å². The molecular weight excluding hydrogens is 314 g/mol. The number of benzene rings is 1. The summed E-state index contributed by atoms with van der Waals surface area (Å²) in [6, 6.07) is 3.65. The molecule has 0 aromatic heterocycles. The van der Waals surface area contributed by atoms with E-state index in [2.05, 4.69) is 4.72 Å². The number of carbonyl (C=O) groups is 1. The van der Waals surface area contributed by atoms with Gasteiger partial charge in [-0.15, -0.1) is 0 Å². The third-order valence-corrected chi connectivity index (χ3v) is 6.13. The Hall–Kier alpha value is -1.40. The number of hydrogen-bond acceptors (Lipinski definition) is 4. The zero-order chi connectivity index (χ0) is 16.4. The second-order valence-electron chi connectivity index (χ2n) is 6.54. The Morgan fingerprint density at radius 2 is 2.04 bits per heavy atom. The van der Waals surface area contributed by atoms with Crippen LogP contribution in [0.15, 0.2) is 12.1 Å². The standard InChI is InChI=1S/C17H23NO4S/c1-12-7-8-16(15-6-2-5-14(12)15)17(19)18-23(20,21)11-13-4-3-9-22-10-13/h7-8,13H,2-6,9-11H2,1H3,(H,18,19). The Bertz CT molecular complexity index is 706. The fourth-order valence-corrected chi connectivity index (χ4v) is 4.94. The van der Waals surface area contributed by atoms with E-state index in [4.69, 9.17) is 4.74 Å². The number of amides is 1. The Morgan fingerprint density at radius 1 is 1.26 bits per heavy atom. The summed E-state index contributed by atoms with van der Waals surface area (Å²) in [6.45, 7) is 3.18. The van der Waals surface area contributed by atoms with Crippen LogP contribution in [0.4, 0.5) is 0 Å². The monoisotopic (exact) mass is 337 g/mol. The van der Waals surface area contributed by atoms with Crippen molar-refractivity contribution < 1.29 is 17.9 Å². The summed E-state index contributed by atoms with van der Waals surface area (Å²) < 4.78 is 32.1. The molecule has 3 rings (SSSR count). The molecule has 1 fully saturated rings. The van der Waals surface area contributed by atoms with Gasteiger partial charge in [0.15, 0.2) is 0 Å². The van der Waals surface area contributed by atoms with Crippen molar-refractivity contribution in [2.24, 2.45) is 5.92 Å². The first-order valence-electron chi connectivity index (χ1n) is 8.20. The first-order valence-corrected chi connectivity index (χ1v) is 9.85. The summed E-state index contributed by atoms with van der Waals surface area (Å²) in [4.78, 5) is 12.5. The van der Waals surface area contributed by atoms with Crippen LogP contribution in [0.5, 0.6) is 0 Å². The van der Waals surface area contributed by atoms with Crippen LogP contribution < -0.4 is 4.72 Å². The summed E-state index contributed by atoms with van der Waals surface area (Å²) >= 11 is 0. The fraction of sp³-hybridized carbons (Fsp3) is 0.588. The summed E-state index contributed by atoms with van der Waals surface area (Å²) in [7, 11) is -3.64. The fourth-order valence-electron chi connectivity index (χ4n) is 3.59. The molecule has 1 atom stereocenters. The van der Waals surface area contributed by atoms with Crippen molar-refractivity contribution in [3.8, 4) is 0 Å². The number of rotatable bonds is 4. The molecule has 6 heteroatoms. The van der Waals surface area contributed by atoms with Gasteiger partial charge in [0.1, 0.15) is 0 Å². The van der Waals surface area contributed by atoms with Gasteiger partial charge in [0.2, 0.25) is 10.0 Å². The van der Waals surface area contributed by atoms with Crippen molar-refractivity contribution in [3.05, 3.63) is 34.4 Å². The van der Waals surface area contributed by atoms with Gasteiger partial charge in [-0.2, -0.15) is 0 Å². The molecule has 1 aliphatic heterocycles. The minimum absolute atomic E-state index is 0.0298. The highest BCUT2D eigenvalue weighted by Gasteiger charge is 2.26. The molecule has 1 unspecified atom stereocenters. The SMILES string of the molecule is Cc1ccc(C(=O)NS(=O)(=O)CC2CCCOC2)c2c1CCC2. The lowest BCUT2D eigenvalue weighted by atomic mass is 9.99. The lowest BCUT2D eigenvalue weighted by Crippen LogP contribution is -2.37. The second-order valence-corrected chi connectivity index (χ2v) is 8.30. The zero-order valence-electron chi connectivity index (χ0n) is 13.4. The average molecular weight is 337 g/mol. The van der Waals surface area contributed by atoms with E-state index < -0.39 is 15.9 Å². The maximum Gasteiger partial charge on any atom is 0.265 e. The van der Waals surface area contributed by atoms with Crippen LogP contribution in [0.2, 0.25) is 0 Å². The summed E-state index contributed by atoms with van der Waals surface area (Å²) in [6.07, 6.45) is 4.53. The average Bonchev–Trinajstić information content (AvgIpc) is 2.97. The Balaban J connectivity index is 1.73. The lowest BCUT2D eigenvalue weighted by molar-refractivity contribution is 0.0624. The number of sulfonamides is 1. The first kappa shape index (κ1) is 16.5. The van der Waals surface area contributed by atoms with E-state index >= 15 is 0 Å². The maximum atomic E-state index is 12.5. The molecule has 2 aliphatic rings. The van der Waals surface area contributed by atoms with Crippen molar-refractivity contribution in [2.45, 2.75) is 39.0 Å². The normalized spacial score (nSPS) is 21.0. The van der Waals surface area contributed by atoms with Crippen LogP contribution in [-0.2, 0) is 27.6 Å². The van der Waals surface area contributed by atoms with E-state index in [1.54, 1.807) is 6.07 Å². The van der Waals surface area contributed by atoms with E-state index in [1.807, 2.05) is 13.0 Å². The molecule has 1 heterocycles. The summed E-state index contributed by atoms with van der Waals surface area (Å²) in [5.41, 5.74) is 3.90. The van der Waals surface area contributed by atoms with Gasteiger partial charge >= 0.3 is 0 Å². The van der Waals surface area contributed by atoms with Crippen molar-refractivity contribution >= 4 is 15.9 Å². The second kappa shape index (κ2) is 6.61. The van der Waals surface area contributed by atoms with E-state index in [0.29, 0.717) is 18.8 Å². The molecule has 1 aromatic carbocycles. The van der Waals surface area contributed by atoms with E-state index in [0.717, 1.165) is 37.7 Å². The third-order valence-electron chi connectivity index (χ3n) is 4.72. The molecule has 0 radical (unpaired) electrons. The van der Waals surface area contributed by atoms with Crippen molar-refractivity contribution in [1.29, 1.82) is 0 Å². The molecule has 23 heavy (non-hydrogen) atoms. The van der Waals surface area contributed by atoms with Gasteiger partial charge in [0.05, 0.1) is 12.4 Å². The Morgan fingerprint density at radius 3 is 2.78 bits per heavy atom. The van der Waals surface area contributed by atoms with Gasteiger partial charge in [-0.3, -0.25) is 4.79 Å². The van der Waals surface area contributed by atoms with Gasteiger partial charge in [-0.25, -0.2) is 13.1 Å². The minimum Gasteiger partial charge on any atom is -0.381 e. The first-order chi connectivity index (χ1) is 11.0. The van der Waals surface area contributed by atoms with Gasteiger partial charge < -0.3 is 4.74 Å². The van der Waals surface area contributed by atoms with Crippen molar-refractivity contribution in [1.82, 2.24) is 4.72 Å².